The summed E-state index contributed by atoms with van der Waals surface area (Å²) < 4.78 is 34.9. The molecule has 0 saturated carbocycles. The summed E-state index contributed by atoms with van der Waals surface area (Å²) in [6, 6.07) is 6.73. The largest absolute Gasteiger partial charge is 0.452 e. The zero-order chi connectivity index (χ0) is 21.1. The molecule has 1 aromatic heterocycles. The molecular formula is C18H20N2O7S. The molecule has 0 fully saturated rings. The van der Waals surface area contributed by atoms with Gasteiger partial charge in [-0.15, -0.1) is 0 Å². The highest BCUT2D eigenvalue weighted by molar-refractivity contribution is 7.89. The van der Waals surface area contributed by atoms with E-state index in [1.165, 1.54) is 45.3 Å². The molecule has 2 aromatic rings. The molecule has 2 rings (SSSR count). The second-order valence-corrected chi connectivity index (χ2v) is 8.27. The van der Waals surface area contributed by atoms with Crippen molar-refractivity contribution in [1.82, 2.24) is 4.31 Å². The minimum absolute atomic E-state index is 0.0819. The summed E-state index contributed by atoms with van der Waals surface area (Å²) in [4.78, 5) is 35.4. The number of hydrogen-bond donors (Lipinski definition) is 1. The molecule has 0 saturated heterocycles. The van der Waals surface area contributed by atoms with Crippen LogP contribution in [0.1, 0.15) is 21.7 Å². The SMILES string of the molecule is Cc1cc(=O)oc(C)c1C(=O)OCC(=O)Nc1ccc(S(=O)(=O)N(C)C)cc1. The van der Waals surface area contributed by atoms with Crippen molar-refractivity contribution in [3.63, 3.8) is 0 Å². The van der Waals surface area contributed by atoms with Crippen LogP contribution in [0, 0.1) is 13.8 Å². The zero-order valence-corrected chi connectivity index (χ0v) is 16.6. The van der Waals surface area contributed by atoms with Crippen LogP contribution in [0.4, 0.5) is 5.69 Å². The van der Waals surface area contributed by atoms with Gasteiger partial charge >= 0.3 is 11.6 Å². The van der Waals surface area contributed by atoms with Crippen molar-refractivity contribution < 1.29 is 27.2 Å². The van der Waals surface area contributed by atoms with Crippen LogP contribution in [0.2, 0.25) is 0 Å². The topological polar surface area (TPSA) is 123 Å². The molecule has 0 radical (unpaired) electrons. The third kappa shape index (κ3) is 4.84. The molecule has 150 valence electrons. The molecule has 1 heterocycles. The van der Waals surface area contributed by atoms with Crippen LogP contribution in [-0.4, -0.2) is 45.3 Å². The van der Waals surface area contributed by atoms with E-state index in [2.05, 4.69) is 5.32 Å². The summed E-state index contributed by atoms with van der Waals surface area (Å²) in [5, 5.41) is 2.50. The Labute approximate surface area is 162 Å². The fourth-order valence-electron chi connectivity index (χ4n) is 2.38. The first-order valence-electron chi connectivity index (χ1n) is 8.13. The van der Waals surface area contributed by atoms with E-state index < -0.39 is 34.1 Å². The number of carbonyl (C=O) groups excluding carboxylic acids is 2. The number of nitrogens with zero attached hydrogens (tertiary/aromatic N) is 1. The van der Waals surface area contributed by atoms with Gasteiger partial charge in [0.15, 0.2) is 6.61 Å². The highest BCUT2D eigenvalue weighted by Crippen LogP contribution is 2.17. The summed E-state index contributed by atoms with van der Waals surface area (Å²) in [6.45, 7) is 2.45. The van der Waals surface area contributed by atoms with Gasteiger partial charge < -0.3 is 14.5 Å². The second kappa shape index (κ2) is 8.36. The number of carbonyl (C=O) groups is 2. The number of aryl methyl sites for hydroxylation is 2. The average Bonchev–Trinajstić information content (AvgIpc) is 2.59. The molecule has 0 atom stereocenters. The normalized spacial score (nSPS) is 11.3. The lowest BCUT2D eigenvalue weighted by Crippen LogP contribution is -2.23. The van der Waals surface area contributed by atoms with E-state index in [4.69, 9.17) is 9.15 Å². The molecule has 0 bridgehead atoms. The van der Waals surface area contributed by atoms with Crippen molar-refractivity contribution in [3.8, 4) is 0 Å². The maximum Gasteiger partial charge on any atom is 0.342 e. The number of sulfonamides is 1. The van der Waals surface area contributed by atoms with Crippen molar-refractivity contribution in [3.05, 3.63) is 57.6 Å². The van der Waals surface area contributed by atoms with Crippen LogP contribution in [-0.2, 0) is 19.6 Å². The molecule has 1 aromatic carbocycles. The van der Waals surface area contributed by atoms with Gasteiger partial charge in [-0.05, 0) is 43.7 Å². The highest BCUT2D eigenvalue weighted by Gasteiger charge is 2.19. The zero-order valence-electron chi connectivity index (χ0n) is 15.8. The van der Waals surface area contributed by atoms with Gasteiger partial charge in [0.05, 0.1) is 4.90 Å². The van der Waals surface area contributed by atoms with Gasteiger partial charge in [0, 0.05) is 25.8 Å². The number of esters is 1. The Morgan fingerprint density at radius 2 is 1.75 bits per heavy atom. The monoisotopic (exact) mass is 408 g/mol. The molecule has 0 unspecified atom stereocenters. The fraction of sp³-hybridized carbons (Fsp3) is 0.278. The Hall–Kier alpha value is -2.98. The summed E-state index contributed by atoms with van der Waals surface area (Å²) in [7, 11) is -0.731. The van der Waals surface area contributed by atoms with Crippen LogP contribution in [0.25, 0.3) is 0 Å². The Balaban J connectivity index is 2.00. The van der Waals surface area contributed by atoms with Crippen molar-refractivity contribution in [1.29, 1.82) is 0 Å². The van der Waals surface area contributed by atoms with Crippen LogP contribution in [0.15, 0.2) is 44.4 Å². The average molecular weight is 408 g/mol. The third-order valence-electron chi connectivity index (χ3n) is 3.79. The molecule has 10 heteroatoms. The van der Waals surface area contributed by atoms with Crippen molar-refractivity contribution in [2.24, 2.45) is 0 Å². The van der Waals surface area contributed by atoms with Crippen LogP contribution in [0.5, 0.6) is 0 Å². The van der Waals surface area contributed by atoms with Crippen molar-refractivity contribution in [2.45, 2.75) is 18.7 Å². The minimum Gasteiger partial charge on any atom is -0.452 e. The minimum atomic E-state index is -3.57. The lowest BCUT2D eigenvalue weighted by atomic mass is 10.1. The number of nitrogens with one attached hydrogen (secondary N) is 1. The number of rotatable bonds is 6. The van der Waals surface area contributed by atoms with Gasteiger partial charge in [0.2, 0.25) is 10.0 Å². The summed E-state index contributed by atoms with van der Waals surface area (Å²) in [5.74, 6) is -1.29. The van der Waals surface area contributed by atoms with Crippen LogP contribution < -0.4 is 10.9 Å². The molecule has 0 aliphatic heterocycles. The molecule has 1 amide bonds. The maximum absolute atomic E-state index is 12.1. The number of anilines is 1. The quantitative estimate of drug-likeness (QED) is 0.715. The van der Waals surface area contributed by atoms with E-state index in [1.807, 2.05) is 0 Å². The maximum atomic E-state index is 12.1. The molecule has 0 aliphatic carbocycles. The standard InChI is InChI=1S/C18H20N2O7S/c1-11-9-16(22)27-12(2)17(11)18(23)26-10-15(21)19-13-5-7-14(8-6-13)28(24,25)20(3)4/h5-9H,10H2,1-4H3,(H,19,21). The lowest BCUT2D eigenvalue weighted by Gasteiger charge is -2.12. The van der Waals surface area contributed by atoms with Gasteiger partial charge in [0.1, 0.15) is 11.3 Å². The Morgan fingerprint density at radius 3 is 2.29 bits per heavy atom. The molecule has 28 heavy (non-hydrogen) atoms. The second-order valence-electron chi connectivity index (χ2n) is 6.12. The summed E-state index contributed by atoms with van der Waals surface area (Å²) in [5.41, 5.74) is 0.239. The smallest absolute Gasteiger partial charge is 0.342 e. The first kappa shape index (κ1) is 21.3. The van der Waals surface area contributed by atoms with Crippen LogP contribution in [0.3, 0.4) is 0 Å². The lowest BCUT2D eigenvalue weighted by molar-refractivity contribution is -0.119. The molecule has 0 spiro atoms. The fourth-order valence-corrected chi connectivity index (χ4v) is 3.29. The number of hydrogen-bond acceptors (Lipinski definition) is 7. The van der Waals surface area contributed by atoms with Gasteiger partial charge in [0.25, 0.3) is 5.91 Å². The van der Waals surface area contributed by atoms with Gasteiger partial charge in [-0.3, -0.25) is 4.79 Å². The van der Waals surface area contributed by atoms with E-state index in [0.29, 0.717) is 11.3 Å². The first-order valence-corrected chi connectivity index (χ1v) is 9.57. The van der Waals surface area contributed by atoms with E-state index in [0.717, 1.165) is 10.4 Å². The predicted molar refractivity (Wildman–Crippen MR) is 101 cm³/mol. The third-order valence-corrected chi connectivity index (χ3v) is 5.62. The van der Waals surface area contributed by atoms with Gasteiger partial charge in [-0.1, -0.05) is 0 Å². The van der Waals surface area contributed by atoms with Gasteiger partial charge in [-0.25, -0.2) is 22.3 Å². The Bertz CT molecular complexity index is 1030. The Morgan fingerprint density at radius 1 is 1.14 bits per heavy atom. The molecule has 0 aliphatic rings. The summed E-state index contributed by atoms with van der Waals surface area (Å²) in [6.07, 6.45) is 0. The van der Waals surface area contributed by atoms with E-state index in [-0.39, 0.29) is 16.2 Å². The Kier molecular flexibility index (Phi) is 6.37. The van der Waals surface area contributed by atoms with Crippen molar-refractivity contribution >= 4 is 27.6 Å². The number of benzene rings is 1. The van der Waals surface area contributed by atoms with E-state index in [1.54, 1.807) is 6.92 Å². The number of ether oxygens (including phenoxy) is 1. The molecule has 1 N–H and O–H groups in total. The summed E-state index contributed by atoms with van der Waals surface area (Å²) >= 11 is 0. The first-order chi connectivity index (χ1) is 13.0. The highest BCUT2D eigenvalue weighted by atomic mass is 32.2. The van der Waals surface area contributed by atoms with E-state index in [9.17, 15) is 22.8 Å². The predicted octanol–water partition coefficient (Wildman–Crippen LogP) is 1.30. The molecule has 9 nitrogen and oxygen atoms in total. The van der Waals surface area contributed by atoms with E-state index >= 15 is 0 Å². The molecular weight excluding hydrogens is 388 g/mol. The number of amides is 1. The van der Waals surface area contributed by atoms with Crippen LogP contribution >= 0.6 is 0 Å². The van der Waals surface area contributed by atoms with Crippen molar-refractivity contribution in [2.75, 3.05) is 26.0 Å². The van der Waals surface area contributed by atoms with Gasteiger partial charge in [-0.2, -0.15) is 0 Å².